The minimum absolute atomic E-state index is 0.101. The number of nitrogens with zero attached hydrogens (tertiary/aromatic N) is 2. The van der Waals surface area contributed by atoms with E-state index in [-0.39, 0.29) is 10.3 Å². The number of aromatic nitrogens is 2. The summed E-state index contributed by atoms with van der Waals surface area (Å²) in [6.45, 7) is 0.715. The fourth-order valence-electron chi connectivity index (χ4n) is 0.661. The van der Waals surface area contributed by atoms with Crippen LogP contribution in [0.4, 0.5) is 8.78 Å². The van der Waals surface area contributed by atoms with Gasteiger partial charge in [-0.1, -0.05) is 23.2 Å². The van der Waals surface area contributed by atoms with Crippen LogP contribution in [0.1, 0.15) is 12.5 Å². The summed E-state index contributed by atoms with van der Waals surface area (Å²) in [7, 11) is 0. The Bertz CT molecular complexity index is 298. The van der Waals surface area contributed by atoms with Gasteiger partial charge in [0.25, 0.3) is 5.92 Å². The van der Waals surface area contributed by atoms with Crippen molar-refractivity contribution in [3.63, 3.8) is 0 Å². The maximum absolute atomic E-state index is 12.7. The highest BCUT2D eigenvalue weighted by molar-refractivity contribution is 6.31. The van der Waals surface area contributed by atoms with Gasteiger partial charge < -0.3 is 0 Å². The van der Waals surface area contributed by atoms with Gasteiger partial charge in [-0.15, -0.1) is 10.2 Å². The van der Waals surface area contributed by atoms with Crippen molar-refractivity contribution in [2.45, 2.75) is 12.8 Å². The molecule has 0 aliphatic carbocycles. The maximum Gasteiger partial charge on any atom is 0.273 e. The summed E-state index contributed by atoms with van der Waals surface area (Å²) in [6.07, 6.45) is 0. The van der Waals surface area contributed by atoms with Gasteiger partial charge in [0, 0.05) is 6.92 Å². The summed E-state index contributed by atoms with van der Waals surface area (Å²) < 4.78 is 25.4. The first-order chi connectivity index (χ1) is 5.41. The van der Waals surface area contributed by atoms with Crippen molar-refractivity contribution in [1.82, 2.24) is 10.2 Å². The number of halogens is 4. The second-order valence-electron chi connectivity index (χ2n) is 2.26. The molecule has 66 valence electrons. The van der Waals surface area contributed by atoms with Gasteiger partial charge in [-0.25, -0.2) is 8.78 Å². The number of rotatable bonds is 1. The predicted octanol–water partition coefficient (Wildman–Crippen LogP) is 2.90. The second kappa shape index (κ2) is 3.11. The van der Waals surface area contributed by atoms with Crippen molar-refractivity contribution in [3.05, 3.63) is 21.9 Å². The zero-order valence-corrected chi connectivity index (χ0v) is 7.50. The van der Waals surface area contributed by atoms with Crippen LogP contribution >= 0.6 is 23.2 Å². The molecule has 1 rings (SSSR count). The van der Waals surface area contributed by atoms with Crippen LogP contribution in [0.25, 0.3) is 0 Å². The van der Waals surface area contributed by atoms with Crippen LogP contribution in [0.5, 0.6) is 0 Å². The normalized spacial score (nSPS) is 11.8. The van der Waals surface area contributed by atoms with Crippen LogP contribution < -0.4 is 0 Å². The number of hydrogen-bond acceptors (Lipinski definition) is 2. The molecule has 12 heavy (non-hydrogen) atoms. The summed E-state index contributed by atoms with van der Waals surface area (Å²) in [4.78, 5) is 0. The van der Waals surface area contributed by atoms with E-state index in [4.69, 9.17) is 23.2 Å². The Labute approximate surface area is 77.5 Å². The van der Waals surface area contributed by atoms with E-state index in [0.29, 0.717) is 6.92 Å². The van der Waals surface area contributed by atoms with Crippen molar-refractivity contribution in [2.75, 3.05) is 0 Å². The molecule has 0 aliphatic rings. The molecule has 1 aromatic heterocycles. The van der Waals surface area contributed by atoms with Gasteiger partial charge in [-0.3, -0.25) is 0 Å². The number of hydrogen-bond donors (Lipinski definition) is 0. The second-order valence-corrected chi connectivity index (χ2v) is 3.01. The topological polar surface area (TPSA) is 25.8 Å². The lowest BCUT2D eigenvalue weighted by Gasteiger charge is -2.10. The molecule has 2 nitrogen and oxygen atoms in total. The standard InChI is InChI=1S/C6H4Cl2F2N2/c1-6(9,10)3-2-4(7)11-12-5(3)8/h2H,1H3. The fraction of sp³-hybridized carbons (Fsp3) is 0.333. The molecule has 0 radical (unpaired) electrons. The smallest absolute Gasteiger partial charge is 0.202 e. The van der Waals surface area contributed by atoms with Crippen molar-refractivity contribution in [2.24, 2.45) is 0 Å². The molecule has 0 aromatic carbocycles. The molecule has 0 unspecified atom stereocenters. The fourth-order valence-corrected chi connectivity index (χ4v) is 1.07. The summed E-state index contributed by atoms with van der Waals surface area (Å²) in [5.41, 5.74) is -0.413. The minimum Gasteiger partial charge on any atom is -0.202 e. The van der Waals surface area contributed by atoms with E-state index in [1.807, 2.05) is 0 Å². The average molecular weight is 213 g/mol. The van der Waals surface area contributed by atoms with E-state index in [1.165, 1.54) is 0 Å². The summed E-state index contributed by atoms with van der Waals surface area (Å²) in [5, 5.41) is 6.12. The van der Waals surface area contributed by atoms with Gasteiger partial charge in [0.15, 0.2) is 10.3 Å². The first-order valence-corrected chi connectivity index (χ1v) is 3.74. The lowest BCUT2D eigenvalue weighted by molar-refractivity contribution is 0.0171. The van der Waals surface area contributed by atoms with Crippen LogP contribution in [0, 0.1) is 0 Å². The Morgan fingerprint density at radius 3 is 2.33 bits per heavy atom. The molecule has 0 bridgehead atoms. The van der Waals surface area contributed by atoms with Crippen LogP contribution in [0.15, 0.2) is 6.07 Å². The van der Waals surface area contributed by atoms with Crippen molar-refractivity contribution in [3.8, 4) is 0 Å². The maximum atomic E-state index is 12.7. The molecule has 0 amide bonds. The summed E-state index contributed by atoms with van der Waals surface area (Å²) in [5.74, 6) is -3.04. The van der Waals surface area contributed by atoms with Crippen LogP contribution in [0.3, 0.4) is 0 Å². The van der Waals surface area contributed by atoms with Crippen molar-refractivity contribution < 1.29 is 8.78 Å². The molecule has 1 heterocycles. The van der Waals surface area contributed by atoms with E-state index < -0.39 is 11.5 Å². The zero-order valence-electron chi connectivity index (χ0n) is 5.98. The Morgan fingerprint density at radius 2 is 1.92 bits per heavy atom. The highest BCUT2D eigenvalue weighted by atomic mass is 35.5. The molecule has 0 atom stereocenters. The molecular weight excluding hydrogens is 209 g/mol. The van der Waals surface area contributed by atoms with Gasteiger partial charge >= 0.3 is 0 Å². The average Bonchev–Trinajstić information content (AvgIpc) is 1.92. The third kappa shape index (κ3) is 2.01. The minimum atomic E-state index is -3.04. The highest BCUT2D eigenvalue weighted by Gasteiger charge is 2.28. The first-order valence-electron chi connectivity index (χ1n) is 2.98. The third-order valence-corrected chi connectivity index (χ3v) is 1.66. The van der Waals surface area contributed by atoms with E-state index in [9.17, 15) is 8.78 Å². The SMILES string of the molecule is CC(F)(F)c1cc(Cl)nnc1Cl. The Morgan fingerprint density at radius 1 is 1.33 bits per heavy atom. The van der Waals surface area contributed by atoms with Gasteiger partial charge in [0.05, 0.1) is 5.56 Å². The molecule has 0 aliphatic heterocycles. The molecule has 0 fully saturated rings. The lowest BCUT2D eigenvalue weighted by atomic mass is 10.2. The van der Waals surface area contributed by atoms with Crippen LogP contribution in [-0.2, 0) is 5.92 Å². The van der Waals surface area contributed by atoms with Crippen LogP contribution in [-0.4, -0.2) is 10.2 Å². The van der Waals surface area contributed by atoms with E-state index >= 15 is 0 Å². The van der Waals surface area contributed by atoms with Crippen molar-refractivity contribution >= 4 is 23.2 Å². The largest absolute Gasteiger partial charge is 0.273 e. The monoisotopic (exact) mass is 212 g/mol. The van der Waals surface area contributed by atoms with E-state index in [2.05, 4.69) is 10.2 Å². The third-order valence-electron chi connectivity index (χ3n) is 1.19. The highest BCUT2D eigenvalue weighted by Crippen LogP contribution is 2.32. The first kappa shape index (κ1) is 9.61. The molecule has 0 saturated heterocycles. The molecule has 1 aromatic rings. The molecule has 6 heteroatoms. The molecule has 0 spiro atoms. The van der Waals surface area contributed by atoms with E-state index in [0.717, 1.165) is 6.07 Å². The van der Waals surface area contributed by atoms with E-state index in [1.54, 1.807) is 0 Å². The zero-order chi connectivity index (χ0) is 9.35. The van der Waals surface area contributed by atoms with Gasteiger partial charge in [-0.2, -0.15) is 0 Å². The Hall–Kier alpha value is -0.480. The van der Waals surface area contributed by atoms with Gasteiger partial charge in [0.2, 0.25) is 0 Å². The van der Waals surface area contributed by atoms with Gasteiger partial charge in [0.1, 0.15) is 0 Å². The Kier molecular flexibility index (Phi) is 2.49. The quantitative estimate of drug-likeness (QED) is 0.716. The molecular formula is C6H4Cl2F2N2. The van der Waals surface area contributed by atoms with Gasteiger partial charge in [-0.05, 0) is 6.07 Å². The lowest BCUT2D eigenvalue weighted by Crippen LogP contribution is -2.09. The number of alkyl halides is 2. The summed E-state index contributed by atoms with van der Waals surface area (Å²) in [6, 6.07) is 0.997. The molecule has 0 saturated carbocycles. The van der Waals surface area contributed by atoms with Crippen LogP contribution in [0.2, 0.25) is 10.3 Å². The molecule has 0 N–H and O–H groups in total. The predicted molar refractivity (Wildman–Crippen MR) is 41.6 cm³/mol. The Balaban J connectivity index is 3.23. The summed E-state index contributed by atoms with van der Waals surface area (Å²) >= 11 is 10.7. The van der Waals surface area contributed by atoms with Crippen molar-refractivity contribution in [1.29, 1.82) is 0 Å².